The van der Waals surface area contributed by atoms with Gasteiger partial charge in [0.15, 0.2) is 0 Å². The molecule has 0 radical (unpaired) electrons. The lowest BCUT2D eigenvalue weighted by Crippen LogP contribution is -2.29. The van der Waals surface area contributed by atoms with Crippen LogP contribution in [0.3, 0.4) is 0 Å². The van der Waals surface area contributed by atoms with Gasteiger partial charge in [-0.05, 0) is 43.2 Å². The summed E-state index contributed by atoms with van der Waals surface area (Å²) in [5.41, 5.74) is 4.03. The fourth-order valence-corrected chi connectivity index (χ4v) is 3.72. The number of benzene rings is 2. The quantitative estimate of drug-likeness (QED) is 0.452. The van der Waals surface area contributed by atoms with Crippen molar-refractivity contribution in [3.63, 3.8) is 0 Å². The third-order valence-electron chi connectivity index (χ3n) is 5.05. The second kappa shape index (κ2) is 8.45. The maximum absolute atomic E-state index is 13.0. The molecule has 2 aromatic carbocycles. The van der Waals surface area contributed by atoms with E-state index in [0.717, 1.165) is 34.5 Å². The largest absolute Gasteiger partial charge is 0.494 e. The minimum absolute atomic E-state index is 0.156. The third kappa shape index (κ3) is 3.56. The van der Waals surface area contributed by atoms with Crippen LogP contribution < -0.4 is 10.1 Å². The minimum Gasteiger partial charge on any atom is -0.494 e. The van der Waals surface area contributed by atoms with Crippen molar-refractivity contribution in [1.82, 2.24) is 9.55 Å². The Morgan fingerprint density at radius 2 is 2.00 bits per heavy atom. The molecule has 0 aliphatic carbocycles. The number of hydrogen-bond donors (Lipinski definition) is 1. The maximum atomic E-state index is 13.0. The molecule has 3 aromatic rings. The van der Waals surface area contributed by atoms with Gasteiger partial charge in [0.1, 0.15) is 12.4 Å². The zero-order valence-electron chi connectivity index (χ0n) is 17.2. The lowest BCUT2D eigenvalue weighted by Gasteiger charge is -2.30. The summed E-state index contributed by atoms with van der Waals surface area (Å²) in [6.07, 6.45) is 2.51. The Bertz CT molecular complexity index is 1110. The molecule has 1 atom stereocenters. The molecular weight excluding hydrogens is 378 g/mol. The number of rotatable bonds is 7. The van der Waals surface area contributed by atoms with Crippen LogP contribution in [0.5, 0.6) is 5.75 Å². The van der Waals surface area contributed by atoms with Crippen molar-refractivity contribution in [2.45, 2.75) is 26.3 Å². The number of imidazole rings is 1. The van der Waals surface area contributed by atoms with Gasteiger partial charge in [-0.25, -0.2) is 9.78 Å². The van der Waals surface area contributed by atoms with E-state index in [1.165, 1.54) is 0 Å². The molecule has 2 heterocycles. The van der Waals surface area contributed by atoms with Crippen LogP contribution in [0.2, 0.25) is 0 Å². The normalized spacial score (nSPS) is 15.5. The summed E-state index contributed by atoms with van der Waals surface area (Å²) < 4.78 is 13.2. The molecule has 1 aromatic heterocycles. The summed E-state index contributed by atoms with van der Waals surface area (Å²) in [6.45, 7) is 8.41. The van der Waals surface area contributed by atoms with Crippen LogP contribution in [0.25, 0.3) is 11.0 Å². The fourth-order valence-electron chi connectivity index (χ4n) is 3.72. The average molecular weight is 403 g/mol. The van der Waals surface area contributed by atoms with Gasteiger partial charge < -0.3 is 14.8 Å². The Morgan fingerprint density at radius 1 is 1.23 bits per heavy atom. The summed E-state index contributed by atoms with van der Waals surface area (Å²) in [5, 5.41) is 3.28. The maximum Gasteiger partial charge on any atom is 0.338 e. The molecule has 6 heteroatoms. The Hall–Kier alpha value is -3.54. The number of carbonyl (C=O) groups excluding carboxylic acids is 1. The average Bonchev–Trinajstić information content (AvgIpc) is 3.13. The predicted molar refractivity (Wildman–Crippen MR) is 118 cm³/mol. The number of para-hydroxylation sites is 2. The second-order valence-electron chi connectivity index (χ2n) is 7.16. The van der Waals surface area contributed by atoms with Crippen molar-refractivity contribution in [1.29, 1.82) is 0 Å². The van der Waals surface area contributed by atoms with E-state index in [0.29, 0.717) is 18.1 Å². The highest BCUT2D eigenvalue weighted by molar-refractivity contribution is 5.94. The third-order valence-corrected chi connectivity index (χ3v) is 5.05. The number of anilines is 1. The van der Waals surface area contributed by atoms with Gasteiger partial charge in [-0.15, -0.1) is 0 Å². The SMILES string of the molecule is C=CCOC(=O)C1=C(C)Nc2nc3ccccc3n2[C@H]1c1ccc(OCCC)cc1. The molecule has 0 saturated heterocycles. The Balaban J connectivity index is 1.84. The van der Waals surface area contributed by atoms with Gasteiger partial charge in [-0.1, -0.05) is 43.8 Å². The van der Waals surface area contributed by atoms with Crippen LogP contribution in [-0.4, -0.2) is 28.7 Å². The van der Waals surface area contributed by atoms with E-state index < -0.39 is 0 Å². The number of esters is 1. The van der Waals surface area contributed by atoms with Gasteiger partial charge >= 0.3 is 5.97 Å². The molecule has 0 amide bonds. The Labute approximate surface area is 175 Å². The minimum atomic E-state index is -0.375. The van der Waals surface area contributed by atoms with E-state index in [1.807, 2.05) is 55.5 Å². The second-order valence-corrected chi connectivity index (χ2v) is 7.16. The molecule has 0 spiro atoms. The summed E-state index contributed by atoms with van der Waals surface area (Å²) in [5.74, 6) is 1.13. The number of fused-ring (bicyclic) bond motifs is 3. The van der Waals surface area contributed by atoms with Gasteiger partial charge in [0.2, 0.25) is 5.95 Å². The van der Waals surface area contributed by atoms with E-state index >= 15 is 0 Å². The van der Waals surface area contributed by atoms with Crippen molar-refractivity contribution in [3.05, 3.63) is 78.0 Å². The van der Waals surface area contributed by atoms with Crippen LogP contribution in [0.4, 0.5) is 5.95 Å². The van der Waals surface area contributed by atoms with Crippen molar-refractivity contribution in [2.24, 2.45) is 0 Å². The number of nitrogens with one attached hydrogen (secondary N) is 1. The van der Waals surface area contributed by atoms with Crippen LogP contribution in [-0.2, 0) is 9.53 Å². The van der Waals surface area contributed by atoms with Crippen LogP contribution >= 0.6 is 0 Å². The number of nitrogens with zero attached hydrogens (tertiary/aromatic N) is 2. The highest BCUT2D eigenvalue weighted by Gasteiger charge is 2.34. The lowest BCUT2D eigenvalue weighted by atomic mass is 9.95. The first kappa shape index (κ1) is 19.8. The van der Waals surface area contributed by atoms with E-state index in [9.17, 15) is 4.79 Å². The van der Waals surface area contributed by atoms with Gasteiger partial charge in [0.05, 0.1) is 29.3 Å². The van der Waals surface area contributed by atoms with Crippen molar-refractivity contribution in [2.75, 3.05) is 18.5 Å². The molecule has 0 unspecified atom stereocenters. The standard InChI is InChI=1S/C24H25N3O3/c1-4-14-29-18-12-10-17(11-13-18)22-21(23(28)30-15-5-2)16(3)25-24-26-19-8-6-7-9-20(19)27(22)24/h5-13,22H,2,4,14-15H2,1,3H3,(H,25,26)/t22-/m0/s1. The Morgan fingerprint density at radius 3 is 2.73 bits per heavy atom. The molecule has 0 bridgehead atoms. The number of hydrogen-bond acceptors (Lipinski definition) is 5. The van der Waals surface area contributed by atoms with Gasteiger partial charge in [-0.2, -0.15) is 0 Å². The monoisotopic (exact) mass is 403 g/mol. The first-order chi connectivity index (χ1) is 14.6. The number of ether oxygens (including phenoxy) is 2. The topological polar surface area (TPSA) is 65.4 Å². The molecule has 4 rings (SSSR count). The lowest BCUT2D eigenvalue weighted by molar-refractivity contribution is -0.138. The van der Waals surface area contributed by atoms with E-state index in [1.54, 1.807) is 6.08 Å². The van der Waals surface area contributed by atoms with Crippen molar-refractivity contribution < 1.29 is 14.3 Å². The van der Waals surface area contributed by atoms with Gasteiger partial charge in [-0.3, -0.25) is 4.57 Å². The summed E-state index contributed by atoms with van der Waals surface area (Å²) >= 11 is 0. The number of aromatic nitrogens is 2. The summed E-state index contributed by atoms with van der Waals surface area (Å²) in [4.78, 5) is 17.7. The summed E-state index contributed by atoms with van der Waals surface area (Å²) in [7, 11) is 0. The highest BCUT2D eigenvalue weighted by Crippen LogP contribution is 2.39. The van der Waals surface area contributed by atoms with Crippen molar-refractivity contribution in [3.8, 4) is 5.75 Å². The molecule has 1 aliphatic rings. The molecule has 154 valence electrons. The first-order valence-corrected chi connectivity index (χ1v) is 10.1. The molecule has 1 N–H and O–H groups in total. The van der Waals surface area contributed by atoms with Crippen LogP contribution in [0.1, 0.15) is 31.9 Å². The molecule has 30 heavy (non-hydrogen) atoms. The van der Waals surface area contributed by atoms with E-state index in [2.05, 4.69) is 23.4 Å². The van der Waals surface area contributed by atoms with E-state index in [4.69, 9.17) is 14.5 Å². The predicted octanol–water partition coefficient (Wildman–Crippen LogP) is 4.84. The Kier molecular flexibility index (Phi) is 5.57. The molecular formula is C24H25N3O3. The van der Waals surface area contributed by atoms with Crippen LogP contribution in [0.15, 0.2) is 72.5 Å². The number of allylic oxidation sites excluding steroid dienone is 1. The van der Waals surface area contributed by atoms with Crippen LogP contribution in [0, 0.1) is 0 Å². The first-order valence-electron chi connectivity index (χ1n) is 10.1. The zero-order valence-corrected chi connectivity index (χ0v) is 17.2. The fraction of sp³-hybridized carbons (Fsp3) is 0.250. The molecule has 1 aliphatic heterocycles. The van der Waals surface area contributed by atoms with Gasteiger partial charge in [0.25, 0.3) is 0 Å². The smallest absolute Gasteiger partial charge is 0.338 e. The molecule has 6 nitrogen and oxygen atoms in total. The van der Waals surface area contributed by atoms with E-state index in [-0.39, 0.29) is 18.6 Å². The number of carbonyl (C=O) groups is 1. The molecule has 0 fully saturated rings. The van der Waals surface area contributed by atoms with Gasteiger partial charge in [0, 0.05) is 5.70 Å². The zero-order chi connectivity index (χ0) is 21.1. The highest BCUT2D eigenvalue weighted by atomic mass is 16.5. The summed E-state index contributed by atoms with van der Waals surface area (Å²) in [6, 6.07) is 15.4. The molecule has 0 saturated carbocycles. The van der Waals surface area contributed by atoms with Crippen molar-refractivity contribution >= 4 is 23.0 Å².